The first kappa shape index (κ1) is 35.8. The summed E-state index contributed by atoms with van der Waals surface area (Å²) in [4.78, 5) is 29.0. The number of hydrogen-bond acceptors (Lipinski definition) is 11. The summed E-state index contributed by atoms with van der Waals surface area (Å²) in [5, 5.41) is 10.1. The smallest absolute Gasteiger partial charge is 0.744 e. The number of fused-ring (bicyclic) bond motifs is 4. The third-order valence-corrected chi connectivity index (χ3v) is 8.66. The molecule has 6 rings (SSSR count). The van der Waals surface area contributed by atoms with E-state index in [2.05, 4.69) is 15.3 Å². The maximum atomic E-state index is 13.6. The molecule has 49 heavy (non-hydrogen) atoms. The number of azide groups is 1. The summed E-state index contributed by atoms with van der Waals surface area (Å²) in [6.07, 6.45) is 0. The fraction of sp³-hybridized carbons (Fsp3) is 0.176. The van der Waals surface area contributed by atoms with Gasteiger partial charge in [0.25, 0.3) is 0 Å². The molecule has 0 bridgehead atoms. The van der Waals surface area contributed by atoms with Gasteiger partial charge in [-0.3, -0.25) is 9.59 Å². The Labute approximate surface area is 303 Å². The first-order valence-corrected chi connectivity index (χ1v) is 16.2. The number of hydrogen-bond donors (Lipinski definition) is 2. The zero-order chi connectivity index (χ0) is 33.8. The van der Waals surface area contributed by atoms with Gasteiger partial charge in [0.1, 0.15) is 22.5 Å². The van der Waals surface area contributed by atoms with Crippen LogP contribution in [-0.2, 0) is 19.6 Å². The molecule has 0 radical (unpaired) electrons. The van der Waals surface area contributed by atoms with Crippen LogP contribution in [0, 0.1) is 0 Å². The van der Waals surface area contributed by atoms with Gasteiger partial charge in [-0.1, -0.05) is 41.5 Å². The minimum Gasteiger partial charge on any atom is -0.744 e. The number of ether oxygens (including phenoxy) is 3. The summed E-state index contributed by atoms with van der Waals surface area (Å²) in [6, 6.07) is 22.3. The Hall–Kier alpha value is -4.50. The minimum absolute atomic E-state index is 0. The van der Waals surface area contributed by atoms with Crippen molar-refractivity contribution in [3.05, 3.63) is 112 Å². The van der Waals surface area contributed by atoms with Crippen LogP contribution in [0.15, 0.2) is 88.9 Å². The third kappa shape index (κ3) is 7.72. The van der Waals surface area contributed by atoms with Crippen molar-refractivity contribution in [3.63, 3.8) is 0 Å². The molecule has 1 aliphatic carbocycles. The largest absolute Gasteiger partial charge is 1.00 e. The van der Waals surface area contributed by atoms with Gasteiger partial charge in [0.15, 0.2) is 11.6 Å². The molecule has 0 fully saturated rings. The summed E-state index contributed by atoms with van der Waals surface area (Å²) >= 11 is 0. The van der Waals surface area contributed by atoms with E-state index in [1.165, 1.54) is 12.1 Å². The molecule has 0 atom stereocenters. The molecule has 0 amide bonds. The number of carbonyl (C=O) groups is 2. The van der Waals surface area contributed by atoms with Gasteiger partial charge in [-0.2, -0.15) is 0 Å². The fourth-order valence-electron chi connectivity index (χ4n) is 5.59. The van der Waals surface area contributed by atoms with Crippen molar-refractivity contribution >= 4 is 60.3 Å². The van der Waals surface area contributed by atoms with Gasteiger partial charge >= 0.3 is 29.6 Å². The molecule has 15 heteroatoms. The first-order chi connectivity index (χ1) is 23.2. The van der Waals surface area contributed by atoms with Gasteiger partial charge in [-0.05, 0) is 69.5 Å². The summed E-state index contributed by atoms with van der Waals surface area (Å²) < 4.78 is 53.2. The number of benzene rings is 5. The normalized spacial score (nSPS) is 12.2. The van der Waals surface area contributed by atoms with Gasteiger partial charge in [-0.15, -0.1) is 0 Å². The van der Waals surface area contributed by atoms with Crippen molar-refractivity contribution in [3.8, 4) is 5.75 Å². The van der Waals surface area contributed by atoms with E-state index in [1.54, 1.807) is 18.2 Å². The van der Waals surface area contributed by atoms with Crippen molar-refractivity contribution in [2.75, 3.05) is 50.6 Å². The van der Waals surface area contributed by atoms with Crippen molar-refractivity contribution in [2.45, 2.75) is 4.90 Å². The Kier molecular flexibility index (Phi) is 11.2. The van der Waals surface area contributed by atoms with E-state index in [-0.39, 0.29) is 64.0 Å². The van der Waals surface area contributed by atoms with Gasteiger partial charge in [0, 0.05) is 28.3 Å². The maximum absolute atomic E-state index is 13.6. The summed E-state index contributed by atoms with van der Waals surface area (Å²) in [5.74, 6) is -0.521. The van der Waals surface area contributed by atoms with E-state index >= 15 is 0 Å². The molecule has 0 aromatic heterocycles. The second-order valence-corrected chi connectivity index (χ2v) is 12.2. The Morgan fingerprint density at radius 3 is 2.08 bits per heavy atom. The minimum atomic E-state index is -5.10. The molecule has 0 aliphatic heterocycles. The van der Waals surface area contributed by atoms with Crippen LogP contribution in [0.5, 0.6) is 5.75 Å². The van der Waals surface area contributed by atoms with Crippen LogP contribution in [0.4, 0.5) is 17.1 Å². The Morgan fingerprint density at radius 2 is 1.39 bits per heavy atom. The quantitative estimate of drug-likeness (QED) is 0.0265. The summed E-state index contributed by atoms with van der Waals surface area (Å²) in [7, 11) is -5.10. The molecule has 5 aromatic rings. The molecule has 0 unspecified atom stereocenters. The molecule has 13 nitrogen and oxygen atoms in total. The van der Waals surface area contributed by atoms with Crippen LogP contribution in [0.1, 0.15) is 31.8 Å². The molecular weight excluding hydrogens is 661 g/mol. The van der Waals surface area contributed by atoms with Crippen LogP contribution >= 0.6 is 0 Å². The second kappa shape index (κ2) is 15.4. The van der Waals surface area contributed by atoms with E-state index in [9.17, 15) is 22.6 Å². The molecule has 5 aromatic carbocycles. The SMILES string of the molecule is [N-]=[N+]=NCCOCCOCCOc1ccc2cc3ccc(Nc4cc(S(=O)(=O)[O-])c(N)c5c4C(=O)c4ccccc4C5=O)cc3cc2c1.[Na+]. The van der Waals surface area contributed by atoms with E-state index in [0.29, 0.717) is 44.5 Å². The van der Waals surface area contributed by atoms with Crippen molar-refractivity contribution in [1.29, 1.82) is 0 Å². The average Bonchev–Trinajstić information content (AvgIpc) is 3.07. The van der Waals surface area contributed by atoms with Crippen molar-refractivity contribution < 1.29 is 66.3 Å². The van der Waals surface area contributed by atoms with Gasteiger partial charge in [-0.25, -0.2) is 8.42 Å². The average molecular weight is 690 g/mol. The van der Waals surface area contributed by atoms with Crippen molar-refractivity contribution in [1.82, 2.24) is 0 Å². The number of nitrogens with one attached hydrogen (secondary N) is 1. The topological polar surface area (TPSA) is 206 Å². The number of anilines is 3. The zero-order valence-electron chi connectivity index (χ0n) is 26.3. The van der Waals surface area contributed by atoms with Gasteiger partial charge < -0.3 is 29.8 Å². The predicted molar refractivity (Wildman–Crippen MR) is 178 cm³/mol. The Bertz CT molecular complexity index is 2260. The van der Waals surface area contributed by atoms with Crippen LogP contribution in [-0.4, -0.2) is 64.1 Å². The molecule has 0 heterocycles. The van der Waals surface area contributed by atoms with Crippen LogP contribution < -0.4 is 45.3 Å². The number of nitrogen functional groups attached to an aromatic ring is 1. The van der Waals surface area contributed by atoms with Crippen LogP contribution in [0.3, 0.4) is 0 Å². The maximum Gasteiger partial charge on any atom is 1.00 e. The third-order valence-electron chi connectivity index (χ3n) is 7.78. The van der Waals surface area contributed by atoms with E-state index < -0.39 is 32.3 Å². The zero-order valence-corrected chi connectivity index (χ0v) is 29.2. The molecule has 3 N–H and O–H groups in total. The molecule has 0 saturated heterocycles. The molecular formula is C34H28N5NaO8S. The summed E-state index contributed by atoms with van der Waals surface area (Å²) in [6.45, 7) is 2.04. The van der Waals surface area contributed by atoms with Gasteiger partial charge in [0.2, 0.25) is 0 Å². The number of nitrogens with zero attached hydrogens (tertiary/aromatic N) is 3. The number of ketones is 2. The molecule has 244 valence electrons. The van der Waals surface area contributed by atoms with E-state index in [1.807, 2.05) is 42.5 Å². The standard InChI is InChI=1S/C34H29N5O8S.Na/c35-32-29(48(42,43)44)19-28(30-31(32)34(41)27-4-2-1-3-26(27)33(30)40)38-24-7-5-20-15-21-6-8-25(18-23(21)16-22(20)17-24)47-14-13-46-12-11-45-10-9-37-39-36;/h1-8,15-19,38H,9-14,35H2,(H,42,43,44);/q;+1/p-1. The molecule has 0 spiro atoms. The fourth-order valence-corrected chi connectivity index (χ4v) is 6.22. The van der Waals surface area contributed by atoms with Gasteiger partial charge in [0.05, 0.1) is 53.8 Å². The Balaban J connectivity index is 0.00000468. The molecule has 0 saturated carbocycles. The second-order valence-electron chi connectivity index (χ2n) is 10.8. The monoisotopic (exact) mass is 689 g/mol. The van der Waals surface area contributed by atoms with Crippen molar-refractivity contribution in [2.24, 2.45) is 5.11 Å². The number of rotatable bonds is 13. The van der Waals surface area contributed by atoms with Crippen LogP contribution in [0.2, 0.25) is 0 Å². The van der Waals surface area contributed by atoms with E-state index in [0.717, 1.165) is 27.6 Å². The Morgan fingerprint density at radius 1 is 0.776 bits per heavy atom. The first-order valence-electron chi connectivity index (χ1n) is 14.8. The summed E-state index contributed by atoms with van der Waals surface area (Å²) in [5.41, 5.74) is 14.0. The predicted octanol–water partition coefficient (Wildman–Crippen LogP) is 2.72. The number of nitrogens with two attached hydrogens (primary N) is 1. The molecule has 1 aliphatic rings. The van der Waals surface area contributed by atoms with E-state index in [4.69, 9.17) is 25.5 Å². The number of carbonyl (C=O) groups excluding carboxylic acids is 2. The van der Waals surface area contributed by atoms with Crippen LogP contribution in [0.25, 0.3) is 32.0 Å².